The van der Waals surface area contributed by atoms with Crippen molar-refractivity contribution in [2.75, 3.05) is 7.11 Å². The van der Waals surface area contributed by atoms with Crippen LogP contribution in [0.3, 0.4) is 0 Å². The molecule has 1 aromatic carbocycles. The zero-order valence-electron chi connectivity index (χ0n) is 14.7. The number of methoxy groups -OCH3 is 1. The summed E-state index contributed by atoms with van der Waals surface area (Å²) in [6.45, 7) is 0. The van der Waals surface area contributed by atoms with E-state index >= 15 is 0 Å². The summed E-state index contributed by atoms with van der Waals surface area (Å²) in [5.41, 5.74) is 1.16. The average Bonchev–Trinajstić information content (AvgIpc) is 3.23. The number of carbonyl (C=O) groups is 1. The third-order valence-electron chi connectivity index (χ3n) is 4.56. The van der Waals surface area contributed by atoms with Gasteiger partial charge in [-0.15, -0.1) is 0 Å². The molecule has 2 heterocycles. The molecule has 1 atom stereocenters. The maximum atomic E-state index is 12.7. The SMILES string of the molecule is COc1cccc(C(NC(=O)c2cc(C3CC3)on2)c2nccn2C)c1. The van der Waals surface area contributed by atoms with Crippen LogP contribution in [-0.4, -0.2) is 27.7 Å². The fraction of sp³-hybridized carbons (Fsp3) is 0.316. The number of nitrogens with zero attached hydrogens (tertiary/aromatic N) is 3. The maximum absolute atomic E-state index is 12.7. The number of benzene rings is 1. The van der Waals surface area contributed by atoms with Gasteiger partial charge in [0, 0.05) is 31.4 Å². The number of nitrogens with one attached hydrogen (secondary N) is 1. The van der Waals surface area contributed by atoms with Crippen LogP contribution in [0.15, 0.2) is 47.2 Å². The molecule has 7 heteroatoms. The van der Waals surface area contributed by atoms with Gasteiger partial charge in [0.15, 0.2) is 5.69 Å². The van der Waals surface area contributed by atoms with E-state index in [1.807, 2.05) is 42.1 Å². The lowest BCUT2D eigenvalue weighted by molar-refractivity contribution is 0.0932. The Morgan fingerprint density at radius 1 is 1.38 bits per heavy atom. The molecule has 3 aromatic rings. The molecule has 7 nitrogen and oxygen atoms in total. The van der Waals surface area contributed by atoms with E-state index in [0.29, 0.717) is 11.7 Å². The standard InChI is InChI=1S/C19H20N4O3/c1-23-9-8-20-18(23)17(13-4-3-5-14(10-13)25-2)21-19(24)15-11-16(26-22-15)12-6-7-12/h3-5,8-12,17H,6-7H2,1-2H3,(H,21,24). The Balaban J connectivity index is 1.63. The number of imidazole rings is 1. The molecule has 134 valence electrons. The van der Waals surface area contributed by atoms with E-state index < -0.39 is 6.04 Å². The summed E-state index contributed by atoms with van der Waals surface area (Å²) < 4.78 is 12.5. The molecule has 1 fully saturated rings. The normalized spacial score (nSPS) is 14.8. The number of ether oxygens (including phenoxy) is 1. The van der Waals surface area contributed by atoms with E-state index in [1.165, 1.54) is 0 Å². The van der Waals surface area contributed by atoms with E-state index in [2.05, 4.69) is 15.5 Å². The van der Waals surface area contributed by atoms with Gasteiger partial charge in [0.2, 0.25) is 0 Å². The Morgan fingerprint density at radius 2 is 2.23 bits per heavy atom. The van der Waals surface area contributed by atoms with Gasteiger partial charge in [0.05, 0.1) is 7.11 Å². The van der Waals surface area contributed by atoms with Crippen molar-refractivity contribution in [2.24, 2.45) is 7.05 Å². The van der Waals surface area contributed by atoms with E-state index in [9.17, 15) is 4.79 Å². The summed E-state index contributed by atoms with van der Waals surface area (Å²) in [5, 5.41) is 6.94. The monoisotopic (exact) mass is 352 g/mol. The van der Waals surface area contributed by atoms with Gasteiger partial charge in [-0.2, -0.15) is 0 Å². The van der Waals surface area contributed by atoms with Gasteiger partial charge in [-0.3, -0.25) is 4.79 Å². The molecule has 0 aliphatic heterocycles. The topological polar surface area (TPSA) is 82.2 Å². The molecule has 2 aromatic heterocycles. The number of aromatic nitrogens is 3. The van der Waals surface area contributed by atoms with E-state index in [0.717, 1.165) is 30.0 Å². The van der Waals surface area contributed by atoms with Crippen LogP contribution in [0.4, 0.5) is 0 Å². The van der Waals surface area contributed by atoms with Crippen LogP contribution in [0.25, 0.3) is 0 Å². The molecule has 1 unspecified atom stereocenters. The zero-order valence-corrected chi connectivity index (χ0v) is 14.7. The fourth-order valence-corrected chi connectivity index (χ4v) is 2.93. The first kappa shape index (κ1) is 16.4. The third-order valence-corrected chi connectivity index (χ3v) is 4.56. The first-order valence-electron chi connectivity index (χ1n) is 8.54. The Labute approximate surface area is 151 Å². The molecule has 1 aliphatic carbocycles. The van der Waals surface area contributed by atoms with E-state index in [4.69, 9.17) is 9.26 Å². The number of rotatable bonds is 6. The molecule has 4 rings (SSSR count). The second kappa shape index (κ2) is 6.67. The summed E-state index contributed by atoms with van der Waals surface area (Å²) in [4.78, 5) is 17.1. The summed E-state index contributed by atoms with van der Waals surface area (Å²) in [5.74, 6) is 2.33. The number of aryl methyl sites for hydroxylation is 1. The molecule has 1 N–H and O–H groups in total. The van der Waals surface area contributed by atoms with Crippen molar-refractivity contribution >= 4 is 5.91 Å². The van der Waals surface area contributed by atoms with Crippen molar-refractivity contribution in [3.8, 4) is 5.75 Å². The summed E-state index contributed by atoms with van der Waals surface area (Å²) in [6, 6.07) is 8.86. The van der Waals surface area contributed by atoms with Crippen molar-refractivity contribution < 1.29 is 14.1 Å². The van der Waals surface area contributed by atoms with Crippen LogP contribution in [0.2, 0.25) is 0 Å². The van der Waals surface area contributed by atoms with Crippen molar-refractivity contribution in [3.05, 3.63) is 65.6 Å². The van der Waals surface area contributed by atoms with Crippen LogP contribution in [0.1, 0.15) is 52.4 Å². The number of amides is 1. The molecule has 1 saturated carbocycles. The first-order chi connectivity index (χ1) is 12.7. The number of carbonyl (C=O) groups excluding carboxylic acids is 1. The Morgan fingerprint density at radius 3 is 2.92 bits per heavy atom. The first-order valence-corrected chi connectivity index (χ1v) is 8.54. The smallest absolute Gasteiger partial charge is 0.274 e. The van der Waals surface area contributed by atoms with Crippen LogP contribution in [0.5, 0.6) is 5.75 Å². The fourth-order valence-electron chi connectivity index (χ4n) is 2.93. The zero-order chi connectivity index (χ0) is 18.1. The molecular formula is C19H20N4O3. The van der Waals surface area contributed by atoms with Crippen molar-refractivity contribution in [3.63, 3.8) is 0 Å². The number of hydrogen-bond acceptors (Lipinski definition) is 5. The minimum Gasteiger partial charge on any atom is -0.497 e. The predicted molar refractivity (Wildman–Crippen MR) is 94.0 cm³/mol. The van der Waals surface area contributed by atoms with Crippen LogP contribution >= 0.6 is 0 Å². The van der Waals surface area contributed by atoms with Crippen molar-refractivity contribution in [2.45, 2.75) is 24.8 Å². The molecule has 26 heavy (non-hydrogen) atoms. The molecular weight excluding hydrogens is 332 g/mol. The van der Waals surface area contributed by atoms with Gasteiger partial charge in [0.25, 0.3) is 5.91 Å². The lowest BCUT2D eigenvalue weighted by Crippen LogP contribution is -2.31. The van der Waals surface area contributed by atoms with Crippen LogP contribution < -0.4 is 10.1 Å². The minimum atomic E-state index is -0.432. The summed E-state index contributed by atoms with van der Waals surface area (Å²) in [7, 11) is 3.51. The molecule has 1 amide bonds. The highest BCUT2D eigenvalue weighted by Crippen LogP contribution is 2.40. The van der Waals surface area contributed by atoms with Gasteiger partial charge >= 0.3 is 0 Å². The maximum Gasteiger partial charge on any atom is 0.274 e. The highest BCUT2D eigenvalue weighted by Gasteiger charge is 2.30. The molecule has 1 aliphatic rings. The van der Waals surface area contributed by atoms with Gasteiger partial charge in [-0.05, 0) is 30.5 Å². The average molecular weight is 352 g/mol. The summed E-state index contributed by atoms with van der Waals surface area (Å²) in [6.07, 6.45) is 5.73. The molecule has 0 saturated heterocycles. The van der Waals surface area contributed by atoms with Crippen molar-refractivity contribution in [1.29, 1.82) is 0 Å². The van der Waals surface area contributed by atoms with Gasteiger partial charge < -0.3 is 19.1 Å². The highest BCUT2D eigenvalue weighted by molar-refractivity contribution is 5.92. The quantitative estimate of drug-likeness (QED) is 0.738. The molecule has 0 bridgehead atoms. The summed E-state index contributed by atoms with van der Waals surface area (Å²) >= 11 is 0. The van der Waals surface area contributed by atoms with Crippen molar-refractivity contribution in [1.82, 2.24) is 20.0 Å². The third kappa shape index (κ3) is 3.20. The Hall–Kier alpha value is -3.09. The molecule has 0 spiro atoms. The highest BCUT2D eigenvalue weighted by atomic mass is 16.5. The minimum absolute atomic E-state index is 0.286. The molecule has 0 radical (unpaired) electrons. The predicted octanol–water partition coefficient (Wildman–Crippen LogP) is 2.81. The Bertz CT molecular complexity index is 926. The number of hydrogen-bond donors (Lipinski definition) is 1. The van der Waals surface area contributed by atoms with E-state index in [1.54, 1.807) is 19.4 Å². The second-order valence-corrected chi connectivity index (χ2v) is 6.47. The lowest BCUT2D eigenvalue weighted by Gasteiger charge is -2.19. The Kier molecular flexibility index (Phi) is 4.20. The van der Waals surface area contributed by atoms with Gasteiger partial charge in [0.1, 0.15) is 23.4 Å². The largest absolute Gasteiger partial charge is 0.497 e. The van der Waals surface area contributed by atoms with Gasteiger partial charge in [-0.25, -0.2) is 4.98 Å². The van der Waals surface area contributed by atoms with Crippen LogP contribution in [-0.2, 0) is 7.05 Å². The second-order valence-electron chi connectivity index (χ2n) is 6.47. The van der Waals surface area contributed by atoms with Crippen LogP contribution in [0, 0.1) is 0 Å². The lowest BCUT2D eigenvalue weighted by atomic mass is 10.1. The van der Waals surface area contributed by atoms with Gasteiger partial charge in [-0.1, -0.05) is 17.3 Å². The van der Waals surface area contributed by atoms with E-state index in [-0.39, 0.29) is 11.6 Å².